The van der Waals surface area contributed by atoms with Crippen molar-refractivity contribution in [1.82, 2.24) is 9.88 Å². The number of carboxylic acids is 1. The Labute approximate surface area is 177 Å². The highest BCUT2D eigenvalue weighted by molar-refractivity contribution is 7.14. The number of benzene rings is 1. The van der Waals surface area contributed by atoms with Gasteiger partial charge in [0.2, 0.25) is 11.6 Å². The predicted octanol–water partition coefficient (Wildman–Crippen LogP) is 1.35. The molecular weight excluding hydrogens is 410 g/mol. The third kappa shape index (κ3) is 5.24. The normalized spacial score (nSPS) is 15.0. The lowest BCUT2D eigenvalue weighted by molar-refractivity contribution is -0.129. The van der Waals surface area contributed by atoms with Gasteiger partial charge >= 0.3 is 5.97 Å². The van der Waals surface area contributed by atoms with E-state index in [9.17, 15) is 9.59 Å². The number of aromatic nitrogens is 1. The Balaban J connectivity index is 1.52. The van der Waals surface area contributed by atoms with Crippen molar-refractivity contribution >= 4 is 39.7 Å². The molecule has 0 aliphatic carbocycles. The van der Waals surface area contributed by atoms with E-state index < -0.39 is 5.97 Å². The molecule has 1 saturated heterocycles. The van der Waals surface area contributed by atoms with E-state index in [1.807, 2.05) is 24.3 Å². The average Bonchev–Trinajstić information content (AvgIpc) is 3.20. The van der Waals surface area contributed by atoms with Crippen molar-refractivity contribution in [2.75, 3.05) is 57.2 Å². The topological polar surface area (TPSA) is 117 Å². The molecule has 3 rings (SSSR count). The van der Waals surface area contributed by atoms with E-state index in [0.29, 0.717) is 5.13 Å². The van der Waals surface area contributed by atoms with Gasteiger partial charge in [-0.1, -0.05) is 17.3 Å². The van der Waals surface area contributed by atoms with Crippen LogP contribution in [0.1, 0.15) is 5.69 Å². The maximum atomic E-state index is 12.4. The molecule has 0 unspecified atom stereocenters. The SMILES string of the molecule is CO/N=C(\C(=O)O)c1csc(NC(=O)CN2CCN(c3ccccc3OC)CC2)n1. The Morgan fingerprint density at radius 3 is 2.63 bits per heavy atom. The molecule has 1 aromatic carbocycles. The van der Waals surface area contributed by atoms with Crippen LogP contribution in [0.3, 0.4) is 0 Å². The molecule has 1 aliphatic heterocycles. The molecule has 2 N–H and O–H groups in total. The number of amides is 1. The fourth-order valence-corrected chi connectivity index (χ4v) is 3.84. The van der Waals surface area contributed by atoms with Gasteiger partial charge in [0.25, 0.3) is 0 Å². The average molecular weight is 433 g/mol. The summed E-state index contributed by atoms with van der Waals surface area (Å²) in [6.07, 6.45) is 0. The summed E-state index contributed by atoms with van der Waals surface area (Å²) in [5.74, 6) is -0.629. The molecular formula is C19H23N5O5S. The van der Waals surface area contributed by atoms with Crippen molar-refractivity contribution in [2.45, 2.75) is 0 Å². The van der Waals surface area contributed by atoms with Crippen LogP contribution in [-0.2, 0) is 14.4 Å². The minimum atomic E-state index is -1.26. The summed E-state index contributed by atoms with van der Waals surface area (Å²) in [6.45, 7) is 3.26. The van der Waals surface area contributed by atoms with Crippen LogP contribution >= 0.6 is 11.3 Å². The summed E-state index contributed by atoms with van der Waals surface area (Å²) in [7, 11) is 2.91. The second-order valence-corrected chi connectivity index (χ2v) is 7.31. The van der Waals surface area contributed by atoms with E-state index in [0.717, 1.165) is 49.0 Å². The van der Waals surface area contributed by atoms with Gasteiger partial charge in [-0.3, -0.25) is 9.69 Å². The van der Waals surface area contributed by atoms with E-state index in [1.54, 1.807) is 7.11 Å². The summed E-state index contributed by atoms with van der Waals surface area (Å²) < 4.78 is 5.43. The molecule has 0 bridgehead atoms. The first-order valence-corrected chi connectivity index (χ1v) is 10.1. The number of methoxy groups -OCH3 is 1. The van der Waals surface area contributed by atoms with E-state index in [-0.39, 0.29) is 23.9 Å². The van der Waals surface area contributed by atoms with Crippen molar-refractivity contribution in [2.24, 2.45) is 5.16 Å². The number of ether oxygens (including phenoxy) is 1. The lowest BCUT2D eigenvalue weighted by Crippen LogP contribution is -2.48. The van der Waals surface area contributed by atoms with Crippen LogP contribution in [0, 0.1) is 0 Å². The fraction of sp³-hybridized carbons (Fsp3) is 0.368. The third-order valence-electron chi connectivity index (χ3n) is 4.54. The molecule has 0 spiro atoms. The number of oxime groups is 1. The quantitative estimate of drug-likeness (QED) is 0.473. The first-order chi connectivity index (χ1) is 14.5. The number of carboxylic acid groups (broad SMARTS) is 1. The maximum absolute atomic E-state index is 12.4. The summed E-state index contributed by atoms with van der Waals surface area (Å²) in [6, 6.07) is 7.88. The van der Waals surface area contributed by atoms with Crippen molar-refractivity contribution in [1.29, 1.82) is 0 Å². The van der Waals surface area contributed by atoms with Crippen LogP contribution in [0.15, 0.2) is 34.8 Å². The highest BCUT2D eigenvalue weighted by Gasteiger charge is 2.22. The zero-order valence-corrected chi connectivity index (χ0v) is 17.5. The zero-order chi connectivity index (χ0) is 21.5. The van der Waals surface area contributed by atoms with Gasteiger partial charge in [-0.15, -0.1) is 11.3 Å². The van der Waals surface area contributed by atoms with Crippen LogP contribution < -0.4 is 15.0 Å². The van der Waals surface area contributed by atoms with E-state index in [2.05, 4.69) is 30.1 Å². The van der Waals surface area contributed by atoms with Gasteiger partial charge < -0.3 is 24.9 Å². The highest BCUT2D eigenvalue weighted by atomic mass is 32.1. The standard InChI is InChI=1S/C19H23N5O5S/c1-28-15-6-4-3-5-14(15)24-9-7-23(8-10-24)11-16(25)21-19-20-13(12-30-19)17(18(26)27)22-29-2/h3-6,12H,7-11H2,1-2H3,(H,26,27)(H,20,21,25)/b22-17-. The number of rotatable bonds is 8. The summed E-state index contributed by atoms with van der Waals surface area (Å²) in [5.41, 5.74) is 0.864. The molecule has 1 aromatic heterocycles. The van der Waals surface area contributed by atoms with Gasteiger partial charge in [0.1, 0.15) is 18.6 Å². The number of nitrogens with one attached hydrogen (secondary N) is 1. The number of piperazine rings is 1. The Bertz CT molecular complexity index is 924. The molecule has 2 aromatic rings. The van der Waals surface area contributed by atoms with Gasteiger partial charge in [-0.05, 0) is 12.1 Å². The lowest BCUT2D eigenvalue weighted by Gasteiger charge is -2.36. The molecule has 0 atom stereocenters. The maximum Gasteiger partial charge on any atom is 0.360 e. The second kappa shape index (κ2) is 10.0. The molecule has 30 heavy (non-hydrogen) atoms. The number of carbonyl (C=O) groups is 2. The van der Waals surface area contributed by atoms with E-state index >= 15 is 0 Å². The number of hydrogen-bond acceptors (Lipinski definition) is 9. The molecule has 0 radical (unpaired) electrons. The summed E-state index contributed by atoms with van der Waals surface area (Å²) >= 11 is 1.13. The minimum Gasteiger partial charge on any atom is -0.495 e. The number of thiazole rings is 1. The van der Waals surface area contributed by atoms with Crippen LogP contribution in [0.4, 0.5) is 10.8 Å². The molecule has 1 aliphatic rings. The Hall–Kier alpha value is -3.18. The number of aliphatic carboxylic acids is 1. The minimum absolute atomic E-state index is 0.134. The van der Waals surface area contributed by atoms with Gasteiger partial charge in [-0.2, -0.15) is 0 Å². The molecule has 10 nitrogen and oxygen atoms in total. The number of hydrogen-bond donors (Lipinski definition) is 2. The molecule has 1 fully saturated rings. The van der Waals surface area contributed by atoms with Crippen LogP contribution in [0.25, 0.3) is 0 Å². The van der Waals surface area contributed by atoms with Crippen LogP contribution in [-0.4, -0.2) is 79.5 Å². The van der Waals surface area contributed by atoms with E-state index in [4.69, 9.17) is 9.84 Å². The van der Waals surface area contributed by atoms with Gasteiger partial charge in [0.15, 0.2) is 5.13 Å². The molecule has 1 amide bonds. The largest absolute Gasteiger partial charge is 0.495 e. The number of carbonyl (C=O) groups excluding carboxylic acids is 1. The zero-order valence-electron chi connectivity index (χ0n) is 16.7. The Morgan fingerprint density at radius 2 is 1.97 bits per heavy atom. The first-order valence-electron chi connectivity index (χ1n) is 9.22. The molecule has 160 valence electrons. The van der Waals surface area contributed by atoms with Crippen molar-refractivity contribution < 1.29 is 24.3 Å². The number of para-hydroxylation sites is 2. The summed E-state index contributed by atoms with van der Waals surface area (Å²) in [4.78, 5) is 36.5. The first kappa shape index (κ1) is 21.5. The molecule has 11 heteroatoms. The smallest absolute Gasteiger partial charge is 0.360 e. The number of nitrogens with zero attached hydrogens (tertiary/aromatic N) is 4. The Morgan fingerprint density at radius 1 is 1.23 bits per heavy atom. The fourth-order valence-electron chi connectivity index (χ4n) is 3.13. The Kier molecular flexibility index (Phi) is 7.20. The van der Waals surface area contributed by atoms with Gasteiger partial charge in [-0.25, -0.2) is 9.78 Å². The van der Waals surface area contributed by atoms with Gasteiger partial charge in [0.05, 0.1) is 19.3 Å². The van der Waals surface area contributed by atoms with E-state index in [1.165, 1.54) is 12.5 Å². The number of anilines is 2. The highest BCUT2D eigenvalue weighted by Crippen LogP contribution is 2.28. The lowest BCUT2D eigenvalue weighted by atomic mass is 10.2. The molecule has 2 heterocycles. The molecule has 0 saturated carbocycles. The third-order valence-corrected chi connectivity index (χ3v) is 5.30. The monoisotopic (exact) mass is 433 g/mol. The summed E-state index contributed by atoms with van der Waals surface area (Å²) in [5, 5.41) is 17.1. The predicted molar refractivity (Wildman–Crippen MR) is 114 cm³/mol. The van der Waals surface area contributed by atoms with Crippen molar-refractivity contribution in [3.8, 4) is 5.75 Å². The van der Waals surface area contributed by atoms with Crippen LogP contribution in [0.5, 0.6) is 5.75 Å². The second-order valence-electron chi connectivity index (χ2n) is 6.45. The van der Waals surface area contributed by atoms with Gasteiger partial charge in [0, 0.05) is 31.6 Å². The van der Waals surface area contributed by atoms with Crippen molar-refractivity contribution in [3.63, 3.8) is 0 Å². The van der Waals surface area contributed by atoms with Crippen molar-refractivity contribution in [3.05, 3.63) is 35.3 Å². The van der Waals surface area contributed by atoms with Crippen LogP contribution in [0.2, 0.25) is 0 Å².